The topological polar surface area (TPSA) is 228 Å². The summed E-state index contributed by atoms with van der Waals surface area (Å²) in [5.74, 6) is -0.643. The van der Waals surface area contributed by atoms with Crippen molar-refractivity contribution in [3.05, 3.63) is 54.6 Å². The van der Waals surface area contributed by atoms with Gasteiger partial charge in [0.1, 0.15) is 30.7 Å². The first kappa shape index (κ1) is 27.3. The van der Waals surface area contributed by atoms with Crippen LogP contribution in [0.4, 0.5) is 10.5 Å². The van der Waals surface area contributed by atoms with Gasteiger partial charge >= 0.3 is 12.1 Å². The van der Waals surface area contributed by atoms with Gasteiger partial charge in [0.05, 0.1) is 18.1 Å². The summed E-state index contributed by atoms with van der Waals surface area (Å²) < 4.78 is 26.6. The number of fused-ring (bicyclic) bond motifs is 1. The fraction of sp³-hybridized carbons (Fsp3) is 0.579. The van der Waals surface area contributed by atoms with Gasteiger partial charge in [-0.1, -0.05) is 0 Å². The molecule has 37 heavy (non-hydrogen) atoms. The number of benzene rings is 1. The molecule has 0 aromatic heterocycles. The first-order chi connectivity index (χ1) is 17.6. The Kier molecular flexibility index (Phi) is 9.27. The Morgan fingerprint density at radius 3 is 2.14 bits per heavy atom. The first-order valence-electron chi connectivity index (χ1n) is 10.8. The molecule has 1 unspecified atom stereocenters. The predicted octanol–water partition coefficient (Wildman–Crippen LogP) is 1.14. The average Bonchev–Trinajstić information content (AvgIpc) is 3.40. The molecule has 5 atom stereocenters. The third-order valence-corrected chi connectivity index (χ3v) is 5.25. The van der Waals surface area contributed by atoms with Crippen molar-refractivity contribution >= 4 is 17.8 Å². The molecule has 18 nitrogen and oxygen atoms in total. The van der Waals surface area contributed by atoms with Gasteiger partial charge in [-0.15, -0.1) is 20.2 Å². The van der Waals surface area contributed by atoms with Crippen LogP contribution in [0.3, 0.4) is 0 Å². The smallest absolute Gasteiger partial charge is 0.457 e. The normalized spacial score (nSPS) is 22.8. The highest BCUT2D eigenvalue weighted by Gasteiger charge is 2.51. The summed E-state index contributed by atoms with van der Waals surface area (Å²) in [6.45, 7) is -0.776. The van der Waals surface area contributed by atoms with Crippen LogP contribution >= 0.6 is 0 Å². The van der Waals surface area contributed by atoms with Gasteiger partial charge in [0.2, 0.25) is 0 Å². The molecule has 0 radical (unpaired) electrons. The van der Waals surface area contributed by atoms with Crippen LogP contribution in [-0.4, -0.2) is 77.6 Å². The molecule has 0 N–H and O–H groups in total. The molecule has 0 saturated carbocycles. The highest BCUT2D eigenvalue weighted by atomic mass is 17.0. The number of esters is 1. The van der Waals surface area contributed by atoms with Crippen molar-refractivity contribution in [2.45, 2.75) is 49.8 Å². The summed E-state index contributed by atoms with van der Waals surface area (Å²) in [5.41, 5.74) is -0.179. The number of nitrogens with zero attached hydrogens (tertiary/aromatic N) is 3. The summed E-state index contributed by atoms with van der Waals surface area (Å²) in [7, 11) is 0. The SMILES string of the molecule is O=C(CCCC(CO[N+](=O)[O-])O[N+](=O)[O-])O[C@@H]1CO[C@@H]2[C@H]1OC[C@@H]2OC(=O)Oc1ccc([N+](=O)[O-])cc1. The van der Waals surface area contributed by atoms with Gasteiger partial charge in [0.25, 0.3) is 15.9 Å². The Morgan fingerprint density at radius 1 is 0.946 bits per heavy atom. The summed E-state index contributed by atoms with van der Waals surface area (Å²) >= 11 is 0. The second kappa shape index (κ2) is 12.6. The Hall–Kier alpha value is -4.32. The van der Waals surface area contributed by atoms with E-state index in [0.29, 0.717) is 0 Å². The van der Waals surface area contributed by atoms with Gasteiger partial charge < -0.3 is 33.4 Å². The van der Waals surface area contributed by atoms with Crippen LogP contribution in [0.25, 0.3) is 0 Å². The monoisotopic (exact) mass is 531 g/mol. The third kappa shape index (κ3) is 8.10. The average molecular weight is 531 g/mol. The lowest BCUT2D eigenvalue weighted by Gasteiger charge is -2.17. The van der Waals surface area contributed by atoms with Gasteiger partial charge in [-0.2, -0.15) is 0 Å². The second-order valence-electron chi connectivity index (χ2n) is 7.75. The van der Waals surface area contributed by atoms with Crippen LogP contribution in [0.5, 0.6) is 5.75 Å². The van der Waals surface area contributed by atoms with Gasteiger partial charge in [0.15, 0.2) is 12.2 Å². The van der Waals surface area contributed by atoms with E-state index in [1.807, 2.05) is 0 Å². The molecular formula is C19H21N3O15. The number of hydrogen-bond donors (Lipinski definition) is 0. The minimum Gasteiger partial charge on any atom is -0.457 e. The Morgan fingerprint density at radius 2 is 1.57 bits per heavy atom. The van der Waals surface area contributed by atoms with Crippen molar-refractivity contribution in [3.63, 3.8) is 0 Å². The zero-order valence-corrected chi connectivity index (χ0v) is 18.9. The Bertz CT molecular complexity index is 1000. The van der Waals surface area contributed by atoms with Crippen molar-refractivity contribution in [1.29, 1.82) is 0 Å². The number of carbonyl (C=O) groups is 2. The zero-order chi connectivity index (χ0) is 26.9. The molecule has 0 bridgehead atoms. The highest BCUT2D eigenvalue weighted by molar-refractivity contribution is 5.69. The van der Waals surface area contributed by atoms with Crippen LogP contribution in [0.1, 0.15) is 19.3 Å². The molecule has 3 rings (SSSR count). The van der Waals surface area contributed by atoms with Crippen LogP contribution < -0.4 is 4.74 Å². The van der Waals surface area contributed by atoms with E-state index in [9.17, 15) is 39.9 Å². The molecule has 0 amide bonds. The maximum absolute atomic E-state index is 12.2. The largest absolute Gasteiger partial charge is 0.514 e. The van der Waals surface area contributed by atoms with E-state index < -0.39 is 64.3 Å². The lowest BCUT2D eigenvalue weighted by atomic mass is 10.1. The fourth-order valence-corrected chi connectivity index (χ4v) is 3.64. The van der Waals surface area contributed by atoms with E-state index in [0.717, 1.165) is 12.1 Å². The number of non-ortho nitro benzene ring substituents is 1. The second-order valence-corrected chi connectivity index (χ2v) is 7.75. The van der Waals surface area contributed by atoms with Crippen molar-refractivity contribution in [3.8, 4) is 5.75 Å². The Labute approximate surface area is 206 Å². The quantitative estimate of drug-likeness (QED) is 0.150. The van der Waals surface area contributed by atoms with Gasteiger partial charge in [-0.05, 0) is 25.0 Å². The van der Waals surface area contributed by atoms with Crippen LogP contribution in [0.2, 0.25) is 0 Å². The van der Waals surface area contributed by atoms with Gasteiger partial charge in [-0.3, -0.25) is 14.9 Å². The van der Waals surface area contributed by atoms with Gasteiger partial charge in [0, 0.05) is 18.6 Å². The molecule has 0 aliphatic carbocycles. The molecule has 2 saturated heterocycles. The molecule has 1 aromatic carbocycles. The Balaban J connectivity index is 1.41. The van der Waals surface area contributed by atoms with Crippen molar-refractivity contribution in [2.75, 3.05) is 19.8 Å². The number of nitro groups is 1. The molecule has 18 heteroatoms. The van der Waals surface area contributed by atoms with E-state index in [2.05, 4.69) is 9.68 Å². The van der Waals surface area contributed by atoms with Crippen LogP contribution in [0, 0.1) is 30.3 Å². The summed E-state index contributed by atoms with van der Waals surface area (Å²) in [4.78, 5) is 63.5. The lowest BCUT2D eigenvalue weighted by molar-refractivity contribution is -0.790. The minimum absolute atomic E-state index is 0.0287. The maximum Gasteiger partial charge on any atom is 0.514 e. The third-order valence-electron chi connectivity index (χ3n) is 5.25. The van der Waals surface area contributed by atoms with Crippen LogP contribution in [-0.2, 0) is 33.4 Å². The lowest BCUT2D eigenvalue weighted by Crippen LogP contribution is -2.36. The summed E-state index contributed by atoms with van der Waals surface area (Å²) in [5, 5.41) is 29.2. The van der Waals surface area contributed by atoms with E-state index in [1.54, 1.807) is 0 Å². The highest BCUT2D eigenvalue weighted by Crippen LogP contribution is 2.31. The fourth-order valence-electron chi connectivity index (χ4n) is 3.64. The van der Waals surface area contributed by atoms with Crippen molar-refractivity contribution in [1.82, 2.24) is 0 Å². The predicted molar refractivity (Wildman–Crippen MR) is 112 cm³/mol. The molecule has 2 heterocycles. The summed E-state index contributed by atoms with van der Waals surface area (Å²) in [6.07, 6.45) is -5.65. The molecule has 202 valence electrons. The molecular weight excluding hydrogens is 510 g/mol. The van der Waals surface area contributed by atoms with Crippen molar-refractivity contribution < 1.29 is 58.0 Å². The molecule has 1 aromatic rings. The van der Waals surface area contributed by atoms with E-state index >= 15 is 0 Å². The number of nitro benzene ring substituents is 1. The first-order valence-corrected chi connectivity index (χ1v) is 10.8. The van der Waals surface area contributed by atoms with Crippen molar-refractivity contribution in [2.24, 2.45) is 0 Å². The number of carbonyl (C=O) groups excluding carboxylic acids is 2. The molecule has 2 fully saturated rings. The van der Waals surface area contributed by atoms with E-state index in [1.165, 1.54) is 12.1 Å². The minimum atomic E-state index is -1.24. The number of rotatable bonds is 13. The maximum atomic E-state index is 12.2. The van der Waals surface area contributed by atoms with E-state index in [4.69, 9.17) is 23.7 Å². The van der Waals surface area contributed by atoms with E-state index in [-0.39, 0.29) is 43.9 Å². The molecule has 2 aliphatic rings. The number of hydrogen-bond acceptors (Lipinski definition) is 15. The van der Waals surface area contributed by atoms with Crippen LogP contribution in [0.15, 0.2) is 24.3 Å². The standard InChI is InChI=1S/C19H21N3O15/c23-16(3-1-2-13(37-22(29)30)8-33-21(27)28)35-14-9-31-18-15(10-32-17(14)18)36-19(24)34-12-6-4-11(5-7-12)20(25)26/h4-7,13-15,17-18H,1-3,8-10H2/t13?,14-,15+,17+,18+/m1/s1. The zero-order valence-electron chi connectivity index (χ0n) is 18.9. The molecule has 0 spiro atoms. The molecule has 2 aliphatic heterocycles. The summed E-state index contributed by atoms with van der Waals surface area (Å²) in [6, 6.07) is 4.78. The number of ether oxygens (including phenoxy) is 5. The van der Waals surface area contributed by atoms with Gasteiger partial charge in [-0.25, -0.2) is 4.79 Å².